The summed E-state index contributed by atoms with van der Waals surface area (Å²) in [5, 5.41) is 10.6. The number of nitrogens with zero attached hydrogens (tertiary/aromatic N) is 6. The van der Waals surface area contributed by atoms with Gasteiger partial charge in [-0.3, -0.25) is 9.69 Å². The van der Waals surface area contributed by atoms with Crippen molar-refractivity contribution >= 4 is 61.2 Å². The van der Waals surface area contributed by atoms with Crippen LogP contribution in [-0.2, 0) is 4.79 Å². The number of nitrogen functional groups attached to an aromatic ring is 1. The van der Waals surface area contributed by atoms with Gasteiger partial charge in [-0.15, -0.1) is 11.3 Å². The maximum atomic E-state index is 16.8. The number of nitrogens with two attached hydrogens (primary N) is 1. The Labute approximate surface area is 261 Å². The molecule has 3 fully saturated rings. The van der Waals surface area contributed by atoms with Gasteiger partial charge in [0, 0.05) is 36.5 Å². The Morgan fingerprint density at radius 2 is 2.05 bits per heavy atom. The lowest BCUT2D eigenvalue weighted by Crippen LogP contribution is -2.43. The molecule has 44 heavy (non-hydrogen) atoms. The van der Waals surface area contributed by atoms with Gasteiger partial charge in [-0.1, -0.05) is 17.7 Å². The number of halogens is 3. The molecule has 5 heterocycles. The molecule has 0 saturated carbocycles. The van der Waals surface area contributed by atoms with E-state index in [2.05, 4.69) is 9.88 Å². The van der Waals surface area contributed by atoms with Crippen LogP contribution in [0.2, 0.25) is 5.02 Å². The van der Waals surface area contributed by atoms with Crippen molar-refractivity contribution in [2.45, 2.75) is 43.7 Å². The van der Waals surface area contributed by atoms with Crippen molar-refractivity contribution < 1.29 is 18.3 Å². The van der Waals surface area contributed by atoms with Crippen LogP contribution in [0.4, 0.5) is 19.6 Å². The quantitative estimate of drug-likeness (QED) is 0.262. The zero-order valence-corrected chi connectivity index (χ0v) is 25.6. The maximum absolute atomic E-state index is 16.8. The Kier molecular flexibility index (Phi) is 7.22. The van der Waals surface area contributed by atoms with Crippen LogP contribution in [0.5, 0.6) is 6.01 Å². The Hall–Kier alpha value is -3.79. The third-order valence-corrected chi connectivity index (χ3v) is 10.9. The molecule has 3 aliphatic heterocycles. The minimum atomic E-state index is -0.732. The largest absolute Gasteiger partial charge is 0.461 e. The van der Waals surface area contributed by atoms with Crippen LogP contribution in [0.15, 0.2) is 18.2 Å². The monoisotopic (exact) mass is 637 g/mol. The van der Waals surface area contributed by atoms with Gasteiger partial charge in [0.2, 0.25) is 6.41 Å². The molecule has 13 heteroatoms. The average molecular weight is 638 g/mol. The number of hydrogen-bond donors (Lipinski definition) is 1. The smallest absolute Gasteiger partial charge is 0.319 e. The van der Waals surface area contributed by atoms with Crippen molar-refractivity contribution in [3.63, 3.8) is 0 Å². The van der Waals surface area contributed by atoms with E-state index < -0.39 is 11.6 Å². The number of rotatable bonds is 7. The summed E-state index contributed by atoms with van der Waals surface area (Å²) in [5.74, 6) is -0.825. The molecule has 1 unspecified atom stereocenters. The summed E-state index contributed by atoms with van der Waals surface area (Å²) in [6, 6.07) is 6.29. The second kappa shape index (κ2) is 11.0. The summed E-state index contributed by atoms with van der Waals surface area (Å²) in [6.07, 6.45) is 5.78. The normalized spacial score (nSPS) is 19.5. The predicted molar refractivity (Wildman–Crippen MR) is 167 cm³/mol. The number of nitriles is 1. The van der Waals surface area contributed by atoms with Crippen LogP contribution in [0, 0.1) is 23.0 Å². The van der Waals surface area contributed by atoms with Crippen molar-refractivity contribution in [2.24, 2.45) is 0 Å². The Morgan fingerprint density at radius 1 is 1.27 bits per heavy atom. The Balaban J connectivity index is 1.39. The zero-order valence-electron chi connectivity index (χ0n) is 24.1. The molecule has 3 saturated heterocycles. The molecule has 1 amide bonds. The Bertz CT molecular complexity index is 1850. The second-order valence-corrected chi connectivity index (χ2v) is 13.4. The van der Waals surface area contributed by atoms with Crippen molar-refractivity contribution in [3.8, 4) is 23.2 Å². The first-order valence-electron chi connectivity index (χ1n) is 14.7. The topological polar surface area (TPSA) is 112 Å². The van der Waals surface area contributed by atoms with Gasteiger partial charge in [0.1, 0.15) is 34.8 Å². The highest BCUT2D eigenvalue weighted by atomic mass is 35.5. The van der Waals surface area contributed by atoms with Gasteiger partial charge in [-0.25, -0.2) is 8.78 Å². The number of hydrogen-bond acceptors (Lipinski definition) is 9. The summed E-state index contributed by atoms with van der Waals surface area (Å²) < 4.78 is 38.1. The van der Waals surface area contributed by atoms with E-state index in [1.165, 1.54) is 12.1 Å². The number of fused-ring (bicyclic) bond motifs is 3. The summed E-state index contributed by atoms with van der Waals surface area (Å²) >= 11 is 7.74. The van der Waals surface area contributed by atoms with Gasteiger partial charge in [-0.05, 0) is 62.9 Å². The number of ether oxygens (including phenoxy) is 1. The lowest BCUT2D eigenvalue weighted by atomic mass is 9.95. The SMILES string of the molecule is CN(C=O)C1CCN(c2nc(OCC34CCCN3CCC4)nc3c(F)c(-c4ccc(F)c5sc(N)c(C#N)c45)c(Cl)cc23)C1. The molecule has 0 aliphatic carbocycles. The Morgan fingerprint density at radius 3 is 2.77 bits per heavy atom. The zero-order chi connectivity index (χ0) is 30.7. The van der Waals surface area contributed by atoms with E-state index in [9.17, 15) is 14.4 Å². The van der Waals surface area contributed by atoms with Crippen LogP contribution in [0.3, 0.4) is 0 Å². The molecule has 0 bridgehead atoms. The molecular weight excluding hydrogens is 608 g/mol. The predicted octanol–water partition coefficient (Wildman–Crippen LogP) is 5.57. The minimum Gasteiger partial charge on any atom is -0.461 e. The molecule has 1 atom stereocenters. The van der Waals surface area contributed by atoms with Crippen LogP contribution < -0.4 is 15.4 Å². The summed E-state index contributed by atoms with van der Waals surface area (Å²) in [5.41, 5.74) is 6.29. The second-order valence-electron chi connectivity index (χ2n) is 11.9. The number of thiophene rings is 1. The fraction of sp³-hybridized carbons (Fsp3) is 0.419. The molecule has 228 valence electrons. The molecule has 3 aliphatic rings. The van der Waals surface area contributed by atoms with E-state index in [0.717, 1.165) is 56.5 Å². The van der Waals surface area contributed by atoms with Crippen molar-refractivity contribution in [3.05, 3.63) is 40.4 Å². The van der Waals surface area contributed by atoms with E-state index in [1.54, 1.807) is 18.0 Å². The number of anilines is 2. The van der Waals surface area contributed by atoms with Gasteiger partial charge in [0.25, 0.3) is 0 Å². The summed E-state index contributed by atoms with van der Waals surface area (Å²) in [4.78, 5) is 26.9. The first kappa shape index (κ1) is 29.0. The van der Waals surface area contributed by atoms with Gasteiger partial charge in [0.15, 0.2) is 5.82 Å². The average Bonchev–Trinajstić information content (AvgIpc) is 3.80. The van der Waals surface area contributed by atoms with E-state index >= 15 is 4.39 Å². The fourth-order valence-corrected chi connectivity index (χ4v) is 8.48. The van der Waals surface area contributed by atoms with Crippen molar-refractivity contribution in [2.75, 3.05) is 50.5 Å². The molecule has 0 radical (unpaired) electrons. The molecule has 9 nitrogen and oxygen atoms in total. The highest BCUT2D eigenvalue weighted by Crippen LogP contribution is 2.46. The lowest BCUT2D eigenvalue weighted by molar-refractivity contribution is -0.118. The van der Waals surface area contributed by atoms with Gasteiger partial charge >= 0.3 is 6.01 Å². The maximum Gasteiger partial charge on any atom is 0.319 e. The van der Waals surface area contributed by atoms with Crippen molar-refractivity contribution in [1.82, 2.24) is 19.8 Å². The minimum absolute atomic E-state index is 0.00276. The molecule has 7 rings (SSSR count). The number of aromatic nitrogens is 2. The van der Waals surface area contributed by atoms with Gasteiger partial charge in [-0.2, -0.15) is 15.2 Å². The van der Waals surface area contributed by atoms with E-state index in [1.807, 2.05) is 11.0 Å². The van der Waals surface area contributed by atoms with E-state index in [-0.39, 0.29) is 59.9 Å². The van der Waals surface area contributed by atoms with Crippen LogP contribution in [-0.4, -0.2) is 77.6 Å². The first-order valence-corrected chi connectivity index (χ1v) is 15.8. The number of likely N-dealkylation sites (N-methyl/N-ethyl adjacent to an activating group) is 1. The van der Waals surface area contributed by atoms with E-state index in [4.69, 9.17) is 27.1 Å². The molecular formula is C31H30ClF2N7O2S. The standard InChI is InChI=1S/C31H30ClF2N7O2S/c1-39(16-42)17-6-11-40(14-17)29-19-12-21(32)24(18-4-5-22(33)27-23(18)20(13-35)28(36)44-27)25(34)26(19)37-30(38-29)43-15-31-7-2-9-41(31)10-3-8-31/h4-5,12,16-17H,2-3,6-11,14-15,36H2,1H3. The van der Waals surface area contributed by atoms with Crippen LogP contribution >= 0.6 is 22.9 Å². The molecule has 0 spiro atoms. The lowest BCUT2D eigenvalue weighted by Gasteiger charge is -2.31. The van der Waals surface area contributed by atoms with Crippen molar-refractivity contribution in [1.29, 1.82) is 5.26 Å². The third-order valence-electron chi connectivity index (χ3n) is 9.53. The first-order chi connectivity index (χ1) is 21.2. The highest BCUT2D eigenvalue weighted by Gasteiger charge is 2.45. The van der Waals surface area contributed by atoms with Crippen LogP contribution in [0.1, 0.15) is 37.7 Å². The molecule has 2 N–H and O–H groups in total. The number of benzene rings is 2. The van der Waals surface area contributed by atoms with Gasteiger partial charge < -0.3 is 20.3 Å². The number of amides is 1. The molecule has 2 aromatic heterocycles. The summed E-state index contributed by atoms with van der Waals surface area (Å²) in [7, 11) is 1.74. The molecule has 2 aromatic carbocycles. The number of carbonyl (C=O) groups is 1. The van der Waals surface area contributed by atoms with E-state index in [0.29, 0.717) is 37.3 Å². The fourth-order valence-electron chi connectivity index (χ4n) is 7.23. The molecule has 4 aromatic rings. The van der Waals surface area contributed by atoms with Crippen LogP contribution in [0.25, 0.3) is 32.1 Å². The summed E-state index contributed by atoms with van der Waals surface area (Å²) in [6.45, 7) is 3.55. The highest BCUT2D eigenvalue weighted by molar-refractivity contribution is 7.23. The number of carbonyl (C=O) groups excluding carboxylic acids is 1. The van der Waals surface area contributed by atoms with Gasteiger partial charge in [0.05, 0.1) is 26.9 Å². The third kappa shape index (κ3) is 4.52.